The van der Waals surface area contributed by atoms with Crippen LogP contribution in [0.3, 0.4) is 0 Å². The predicted molar refractivity (Wildman–Crippen MR) is 162 cm³/mol. The van der Waals surface area contributed by atoms with E-state index in [1.165, 1.54) is 55.6 Å². The third-order valence-corrected chi connectivity index (χ3v) is 7.01. The van der Waals surface area contributed by atoms with Crippen molar-refractivity contribution in [2.75, 3.05) is 5.73 Å². The molecule has 0 amide bonds. The molecular weight excluding hydrogens is 458 g/mol. The highest BCUT2D eigenvalue weighted by Gasteiger charge is 2.06. The van der Waals surface area contributed by atoms with E-state index >= 15 is 0 Å². The molecule has 0 unspecified atom stereocenters. The molecule has 0 aromatic heterocycles. The first-order valence-electron chi connectivity index (χ1n) is 13.0. The molecule has 6 rings (SSSR count). The lowest BCUT2D eigenvalue weighted by Crippen LogP contribution is -1.91. The second kappa shape index (κ2) is 10.6. The van der Waals surface area contributed by atoms with Crippen molar-refractivity contribution in [3.05, 3.63) is 163 Å². The lowest BCUT2D eigenvalue weighted by molar-refractivity contribution is 1.19. The zero-order valence-corrected chi connectivity index (χ0v) is 21.2. The van der Waals surface area contributed by atoms with Gasteiger partial charge in [0.25, 0.3) is 0 Å². The van der Waals surface area contributed by atoms with E-state index in [-0.39, 0.29) is 0 Å². The van der Waals surface area contributed by atoms with Crippen LogP contribution in [0.1, 0.15) is 11.1 Å². The lowest BCUT2D eigenvalue weighted by Gasteiger charge is -2.10. The number of nitrogens with two attached hydrogens (primary N) is 1. The molecule has 6 aromatic carbocycles. The van der Waals surface area contributed by atoms with Gasteiger partial charge in [-0.05, 0) is 86.3 Å². The summed E-state index contributed by atoms with van der Waals surface area (Å²) >= 11 is 0. The van der Waals surface area contributed by atoms with Gasteiger partial charge in [0.05, 0.1) is 0 Å². The summed E-state index contributed by atoms with van der Waals surface area (Å²) in [7, 11) is 0. The quantitative estimate of drug-likeness (QED) is 0.233. The van der Waals surface area contributed by atoms with Crippen molar-refractivity contribution in [2.24, 2.45) is 0 Å². The van der Waals surface area contributed by atoms with Crippen molar-refractivity contribution in [1.82, 2.24) is 0 Å². The monoisotopic (exact) mass is 487 g/mol. The Bertz CT molecular complexity index is 1680. The second-order valence-corrected chi connectivity index (χ2v) is 9.73. The molecule has 0 aliphatic rings. The van der Waals surface area contributed by atoms with Crippen LogP contribution in [0.4, 0.5) is 5.69 Å². The summed E-state index contributed by atoms with van der Waals surface area (Å²) in [5.74, 6) is 0. The van der Waals surface area contributed by atoms with Crippen LogP contribution in [0.15, 0.2) is 152 Å². The topological polar surface area (TPSA) is 26.0 Å². The molecule has 38 heavy (non-hydrogen) atoms. The van der Waals surface area contributed by atoms with Gasteiger partial charge in [0.2, 0.25) is 0 Å². The summed E-state index contributed by atoms with van der Waals surface area (Å²) in [5, 5.41) is 0. The van der Waals surface area contributed by atoms with Crippen LogP contribution in [0.2, 0.25) is 0 Å². The van der Waals surface area contributed by atoms with Gasteiger partial charge in [-0.3, -0.25) is 0 Å². The van der Waals surface area contributed by atoms with Crippen LogP contribution in [-0.2, 0) is 6.42 Å². The van der Waals surface area contributed by atoms with E-state index in [1.54, 1.807) is 0 Å². The Balaban J connectivity index is 1.25. The molecule has 0 saturated carbocycles. The number of rotatable bonds is 6. The minimum absolute atomic E-state index is 0.783. The highest BCUT2D eigenvalue weighted by atomic mass is 14.5. The molecule has 0 spiro atoms. The number of benzene rings is 6. The van der Waals surface area contributed by atoms with Crippen molar-refractivity contribution in [3.63, 3.8) is 0 Å². The fourth-order valence-corrected chi connectivity index (χ4v) is 5.02. The fraction of sp³-hybridized carbons (Fsp3) is 0.0270. The van der Waals surface area contributed by atoms with Gasteiger partial charge in [-0.1, -0.05) is 127 Å². The molecule has 0 bridgehead atoms. The molecule has 0 aliphatic carbocycles. The maximum atomic E-state index is 5.88. The highest BCUT2D eigenvalue weighted by molar-refractivity contribution is 5.75. The Morgan fingerprint density at radius 2 is 0.684 bits per heavy atom. The van der Waals surface area contributed by atoms with E-state index in [1.807, 2.05) is 12.1 Å². The molecule has 0 aliphatic heterocycles. The van der Waals surface area contributed by atoms with Gasteiger partial charge in [-0.25, -0.2) is 0 Å². The molecule has 0 atom stereocenters. The van der Waals surface area contributed by atoms with E-state index in [0.29, 0.717) is 0 Å². The number of hydrogen-bond acceptors (Lipinski definition) is 1. The number of hydrogen-bond donors (Lipinski definition) is 1. The standard InChI is InChI=1S/C37H29N/c38-37-20-18-30(19-21-37)34-15-7-17-36(26-34)32-13-5-9-28(24-32)22-27-8-4-12-31(23-27)35-16-6-14-33(25-35)29-10-2-1-3-11-29/h1-21,23-26H,22,38H2. The van der Waals surface area contributed by atoms with Crippen LogP contribution < -0.4 is 5.73 Å². The van der Waals surface area contributed by atoms with Crippen molar-refractivity contribution < 1.29 is 0 Å². The first-order chi connectivity index (χ1) is 18.7. The van der Waals surface area contributed by atoms with Gasteiger partial charge < -0.3 is 5.73 Å². The molecule has 2 N–H and O–H groups in total. The summed E-state index contributed by atoms with van der Waals surface area (Å²) in [5.41, 5.74) is 19.0. The van der Waals surface area contributed by atoms with Crippen molar-refractivity contribution in [1.29, 1.82) is 0 Å². The Hall–Kier alpha value is -4.88. The Kier molecular flexibility index (Phi) is 6.57. The third kappa shape index (κ3) is 5.28. The van der Waals surface area contributed by atoms with Crippen LogP contribution >= 0.6 is 0 Å². The highest BCUT2D eigenvalue weighted by Crippen LogP contribution is 2.30. The second-order valence-electron chi connectivity index (χ2n) is 9.73. The van der Waals surface area contributed by atoms with Gasteiger partial charge in [-0.15, -0.1) is 0 Å². The molecule has 6 aromatic rings. The first kappa shape index (κ1) is 23.5. The summed E-state index contributed by atoms with van der Waals surface area (Å²) in [6.45, 7) is 0. The van der Waals surface area contributed by atoms with E-state index in [4.69, 9.17) is 5.73 Å². The summed E-state index contributed by atoms with van der Waals surface area (Å²) in [4.78, 5) is 0. The van der Waals surface area contributed by atoms with Gasteiger partial charge in [0.1, 0.15) is 0 Å². The van der Waals surface area contributed by atoms with Gasteiger partial charge >= 0.3 is 0 Å². The van der Waals surface area contributed by atoms with Crippen molar-refractivity contribution in [2.45, 2.75) is 6.42 Å². The van der Waals surface area contributed by atoms with Crippen LogP contribution in [-0.4, -0.2) is 0 Å². The maximum absolute atomic E-state index is 5.88. The molecule has 1 nitrogen and oxygen atoms in total. The summed E-state index contributed by atoms with van der Waals surface area (Å²) in [6, 6.07) is 53.9. The Morgan fingerprint density at radius 3 is 1.18 bits per heavy atom. The fourth-order valence-electron chi connectivity index (χ4n) is 5.02. The van der Waals surface area contributed by atoms with Crippen molar-refractivity contribution >= 4 is 5.69 Å². The maximum Gasteiger partial charge on any atom is 0.0314 e. The zero-order valence-electron chi connectivity index (χ0n) is 21.2. The molecule has 1 heteroatoms. The van der Waals surface area contributed by atoms with E-state index in [9.17, 15) is 0 Å². The number of nitrogen functional groups attached to an aromatic ring is 1. The molecule has 0 saturated heterocycles. The van der Waals surface area contributed by atoms with Gasteiger partial charge in [0.15, 0.2) is 0 Å². The minimum atomic E-state index is 0.783. The van der Waals surface area contributed by atoms with E-state index in [2.05, 4.69) is 140 Å². The van der Waals surface area contributed by atoms with Gasteiger partial charge in [0, 0.05) is 5.69 Å². The van der Waals surface area contributed by atoms with E-state index < -0.39 is 0 Å². The Labute approximate surface area is 224 Å². The summed E-state index contributed by atoms with van der Waals surface area (Å²) < 4.78 is 0. The molecule has 182 valence electrons. The first-order valence-corrected chi connectivity index (χ1v) is 13.0. The molecular formula is C37H29N. The average molecular weight is 488 g/mol. The predicted octanol–water partition coefficient (Wildman–Crippen LogP) is 9.53. The van der Waals surface area contributed by atoms with Gasteiger partial charge in [-0.2, -0.15) is 0 Å². The smallest absolute Gasteiger partial charge is 0.0314 e. The molecule has 0 fully saturated rings. The zero-order chi connectivity index (χ0) is 25.7. The Morgan fingerprint density at radius 1 is 0.316 bits per heavy atom. The third-order valence-electron chi connectivity index (χ3n) is 7.01. The normalized spacial score (nSPS) is 10.8. The lowest BCUT2D eigenvalue weighted by atomic mass is 9.94. The molecule has 0 heterocycles. The summed E-state index contributed by atoms with van der Waals surface area (Å²) in [6.07, 6.45) is 0.887. The molecule has 0 radical (unpaired) electrons. The number of anilines is 1. The van der Waals surface area contributed by atoms with Crippen LogP contribution in [0, 0.1) is 0 Å². The minimum Gasteiger partial charge on any atom is -0.399 e. The van der Waals surface area contributed by atoms with Crippen LogP contribution in [0.5, 0.6) is 0 Å². The van der Waals surface area contributed by atoms with Crippen molar-refractivity contribution in [3.8, 4) is 44.5 Å². The van der Waals surface area contributed by atoms with E-state index in [0.717, 1.165) is 12.1 Å². The largest absolute Gasteiger partial charge is 0.399 e. The van der Waals surface area contributed by atoms with Crippen LogP contribution in [0.25, 0.3) is 44.5 Å². The SMILES string of the molecule is Nc1ccc(-c2cccc(-c3cccc(Cc4cccc(-c5cccc(-c6ccccc6)c5)c4)c3)c2)cc1. The average Bonchev–Trinajstić information content (AvgIpc) is 2.98.